The van der Waals surface area contributed by atoms with Gasteiger partial charge in [0.05, 0.1) is 11.2 Å². The summed E-state index contributed by atoms with van der Waals surface area (Å²) in [4.78, 5) is 4.83. The first-order valence-corrected chi connectivity index (χ1v) is 7.93. The maximum Gasteiger partial charge on any atom is 0.0730 e. The van der Waals surface area contributed by atoms with Crippen molar-refractivity contribution in [1.82, 2.24) is 4.98 Å². The minimum Gasteiger partial charge on any atom is -0.382 e. The van der Waals surface area contributed by atoms with Crippen LogP contribution < -0.4 is 5.32 Å². The molecule has 3 heteroatoms. The van der Waals surface area contributed by atoms with Crippen molar-refractivity contribution in [1.29, 1.82) is 0 Å². The molecule has 23 heavy (non-hydrogen) atoms. The number of para-hydroxylation sites is 1. The van der Waals surface area contributed by atoms with Gasteiger partial charge in [-0.25, -0.2) is 4.98 Å². The fourth-order valence-electron chi connectivity index (χ4n) is 2.66. The lowest BCUT2D eigenvalue weighted by Gasteiger charge is -2.14. The molecule has 0 spiro atoms. The first kappa shape index (κ1) is 17.5. The van der Waals surface area contributed by atoms with Gasteiger partial charge in [-0.05, 0) is 38.0 Å². The molecule has 0 amide bonds. The minimum atomic E-state index is 0. The summed E-state index contributed by atoms with van der Waals surface area (Å²) in [5, 5.41) is 4.71. The van der Waals surface area contributed by atoms with Gasteiger partial charge in [0.2, 0.25) is 0 Å². The number of anilines is 1. The molecule has 2 nitrogen and oxygen atoms in total. The molecule has 1 aromatic heterocycles. The van der Waals surface area contributed by atoms with Gasteiger partial charge in [-0.3, -0.25) is 0 Å². The number of rotatable bonds is 4. The molecule has 0 saturated carbocycles. The average Bonchev–Trinajstić information content (AvgIpc) is 2.54. The van der Waals surface area contributed by atoms with Crippen molar-refractivity contribution in [2.45, 2.75) is 33.2 Å². The van der Waals surface area contributed by atoms with Crippen LogP contribution in [0.1, 0.15) is 26.3 Å². The van der Waals surface area contributed by atoms with Crippen molar-refractivity contribution < 1.29 is 0 Å². The molecule has 0 aliphatic carbocycles. The molecule has 0 unspecified atom stereocenters. The first-order chi connectivity index (χ1) is 10.7. The van der Waals surface area contributed by atoms with Crippen LogP contribution >= 0.6 is 17.0 Å². The highest BCUT2D eigenvalue weighted by molar-refractivity contribution is 8.93. The molecule has 0 radical (unpaired) electrons. The SMILES string of the molecule is Br.CCc1ccc(-c2cc(NC(C)C)c3ccccc3n2)cc1. The van der Waals surface area contributed by atoms with Crippen molar-refractivity contribution in [2.75, 3.05) is 5.32 Å². The lowest BCUT2D eigenvalue weighted by atomic mass is 10.0. The molecule has 1 N–H and O–H groups in total. The zero-order valence-corrected chi connectivity index (χ0v) is 15.5. The number of aryl methyl sites for hydroxylation is 1. The van der Waals surface area contributed by atoms with Crippen molar-refractivity contribution in [2.24, 2.45) is 0 Å². The highest BCUT2D eigenvalue weighted by Gasteiger charge is 2.08. The Morgan fingerprint density at radius 3 is 2.35 bits per heavy atom. The lowest BCUT2D eigenvalue weighted by Crippen LogP contribution is -2.10. The minimum absolute atomic E-state index is 0. The predicted molar refractivity (Wildman–Crippen MR) is 106 cm³/mol. The van der Waals surface area contributed by atoms with E-state index in [-0.39, 0.29) is 17.0 Å². The van der Waals surface area contributed by atoms with E-state index in [9.17, 15) is 0 Å². The Labute approximate surface area is 148 Å². The topological polar surface area (TPSA) is 24.9 Å². The van der Waals surface area contributed by atoms with Crippen LogP contribution in [0.4, 0.5) is 5.69 Å². The Balaban J connectivity index is 0.00000192. The third-order valence-corrected chi connectivity index (χ3v) is 3.82. The number of pyridine rings is 1. The molecule has 0 saturated heterocycles. The number of halogens is 1. The number of aromatic nitrogens is 1. The fraction of sp³-hybridized carbons (Fsp3) is 0.250. The molecular weight excluding hydrogens is 348 g/mol. The quantitative estimate of drug-likeness (QED) is 0.621. The van der Waals surface area contributed by atoms with E-state index in [1.54, 1.807) is 0 Å². The summed E-state index contributed by atoms with van der Waals surface area (Å²) in [6.07, 6.45) is 1.06. The second-order valence-corrected chi connectivity index (χ2v) is 5.92. The fourth-order valence-corrected chi connectivity index (χ4v) is 2.66. The Morgan fingerprint density at radius 2 is 1.70 bits per heavy atom. The van der Waals surface area contributed by atoms with E-state index in [4.69, 9.17) is 4.98 Å². The smallest absolute Gasteiger partial charge is 0.0730 e. The molecule has 0 aliphatic heterocycles. The van der Waals surface area contributed by atoms with Gasteiger partial charge in [-0.2, -0.15) is 0 Å². The van der Waals surface area contributed by atoms with Crippen LogP contribution in [-0.2, 0) is 6.42 Å². The van der Waals surface area contributed by atoms with Gasteiger partial charge in [0.15, 0.2) is 0 Å². The largest absolute Gasteiger partial charge is 0.382 e. The van der Waals surface area contributed by atoms with Crippen LogP contribution in [-0.4, -0.2) is 11.0 Å². The van der Waals surface area contributed by atoms with Crippen LogP contribution in [0, 0.1) is 0 Å². The van der Waals surface area contributed by atoms with Gasteiger partial charge >= 0.3 is 0 Å². The lowest BCUT2D eigenvalue weighted by molar-refractivity contribution is 0.901. The Kier molecular flexibility index (Phi) is 5.78. The van der Waals surface area contributed by atoms with E-state index in [0.29, 0.717) is 6.04 Å². The van der Waals surface area contributed by atoms with Gasteiger partial charge in [0, 0.05) is 22.7 Å². The maximum absolute atomic E-state index is 4.83. The summed E-state index contributed by atoms with van der Waals surface area (Å²) in [5.41, 5.74) is 5.71. The van der Waals surface area contributed by atoms with Crippen LogP contribution in [0.15, 0.2) is 54.6 Å². The number of nitrogens with one attached hydrogen (secondary N) is 1. The molecule has 3 rings (SSSR count). The molecule has 0 atom stereocenters. The second-order valence-electron chi connectivity index (χ2n) is 5.92. The summed E-state index contributed by atoms with van der Waals surface area (Å²) in [7, 11) is 0. The van der Waals surface area contributed by atoms with Crippen LogP contribution in [0.25, 0.3) is 22.2 Å². The molecule has 0 aliphatic rings. The van der Waals surface area contributed by atoms with Gasteiger partial charge in [0.25, 0.3) is 0 Å². The Bertz CT molecular complexity index is 779. The molecule has 2 aromatic carbocycles. The number of hydrogen-bond acceptors (Lipinski definition) is 2. The van der Waals surface area contributed by atoms with E-state index in [2.05, 4.69) is 74.6 Å². The highest BCUT2D eigenvalue weighted by atomic mass is 79.9. The predicted octanol–water partition coefficient (Wildman–Crippen LogP) is 5.86. The third kappa shape index (κ3) is 3.91. The standard InChI is InChI=1S/C20H22N2.BrH/c1-4-15-9-11-16(12-10-15)19-13-20(21-14(2)3)17-7-5-6-8-18(17)22-19;/h5-14H,4H2,1-3H3,(H,21,22);1H. The zero-order chi connectivity index (χ0) is 15.5. The van der Waals surface area contributed by atoms with Gasteiger partial charge < -0.3 is 5.32 Å². The van der Waals surface area contributed by atoms with E-state index < -0.39 is 0 Å². The second kappa shape index (κ2) is 7.60. The summed E-state index contributed by atoms with van der Waals surface area (Å²) < 4.78 is 0. The van der Waals surface area contributed by atoms with Gasteiger partial charge in [-0.15, -0.1) is 17.0 Å². The van der Waals surface area contributed by atoms with Crippen molar-refractivity contribution in [3.63, 3.8) is 0 Å². The molecule has 3 aromatic rings. The third-order valence-electron chi connectivity index (χ3n) is 3.82. The summed E-state index contributed by atoms with van der Waals surface area (Å²) in [5.74, 6) is 0. The van der Waals surface area contributed by atoms with E-state index in [1.807, 2.05) is 6.07 Å². The molecule has 0 fully saturated rings. The van der Waals surface area contributed by atoms with Crippen LogP contribution in [0.3, 0.4) is 0 Å². The van der Waals surface area contributed by atoms with E-state index >= 15 is 0 Å². The number of benzene rings is 2. The van der Waals surface area contributed by atoms with Crippen molar-refractivity contribution in [3.05, 3.63) is 60.2 Å². The number of nitrogens with zero attached hydrogens (tertiary/aromatic N) is 1. The monoisotopic (exact) mass is 370 g/mol. The first-order valence-electron chi connectivity index (χ1n) is 7.93. The summed E-state index contributed by atoms with van der Waals surface area (Å²) in [6.45, 7) is 6.49. The Hall–Kier alpha value is -1.87. The van der Waals surface area contributed by atoms with E-state index in [0.717, 1.165) is 28.9 Å². The van der Waals surface area contributed by atoms with Crippen molar-refractivity contribution in [3.8, 4) is 11.3 Å². The van der Waals surface area contributed by atoms with Crippen LogP contribution in [0.5, 0.6) is 0 Å². The van der Waals surface area contributed by atoms with Gasteiger partial charge in [0.1, 0.15) is 0 Å². The summed E-state index contributed by atoms with van der Waals surface area (Å²) >= 11 is 0. The Morgan fingerprint density at radius 1 is 1.00 bits per heavy atom. The molecular formula is C20H23BrN2. The average molecular weight is 371 g/mol. The normalized spacial score (nSPS) is 10.6. The maximum atomic E-state index is 4.83. The van der Waals surface area contributed by atoms with E-state index in [1.165, 1.54) is 10.9 Å². The molecule has 120 valence electrons. The van der Waals surface area contributed by atoms with Crippen molar-refractivity contribution >= 4 is 33.6 Å². The summed E-state index contributed by atoms with van der Waals surface area (Å²) in [6, 6.07) is 19.5. The molecule has 1 heterocycles. The van der Waals surface area contributed by atoms with Gasteiger partial charge in [-0.1, -0.05) is 49.4 Å². The van der Waals surface area contributed by atoms with Crippen LogP contribution in [0.2, 0.25) is 0 Å². The zero-order valence-electron chi connectivity index (χ0n) is 13.8. The highest BCUT2D eigenvalue weighted by Crippen LogP contribution is 2.28. The molecule has 0 bridgehead atoms. The number of fused-ring (bicyclic) bond motifs is 1. The number of hydrogen-bond donors (Lipinski definition) is 1.